The molecular formula is C13H12N2O4S. The van der Waals surface area contributed by atoms with E-state index in [-0.39, 0.29) is 12.8 Å². The number of nitrogens with zero attached hydrogens (tertiary/aromatic N) is 1. The van der Waals surface area contributed by atoms with Crippen LogP contribution in [0.1, 0.15) is 15.4 Å². The van der Waals surface area contributed by atoms with Crippen LogP contribution in [0.4, 0.5) is 10.8 Å². The number of nitrogens with one attached hydrogen (secondary N) is 1. The van der Waals surface area contributed by atoms with E-state index in [1.54, 1.807) is 6.92 Å². The zero-order valence-corrected chi connectivity index (χ0v) is 11.7. The molecule has 3 rings (SSSR count). The second-order valence-corrected chi connectivity index (χ2v) is 5.12. The van der Waals surface area contributed by atoms with Gasteiger partial charge in [0.05, 0.1) is 12.8 Å². The predicted octanol–water partition coefficient (Wildman–Crippen LogP) is 2.71. The van der Waals surface area contributed by atoms with Gasteiger partial charge < -0.3 is 19.5 Å². The van der Waals surface area contributed by atoms with Gasteiger partial charge in [0.1, 0.15) is 4.88 Å². The lowest BCUT2D eigenvalue weighted by Crippen LogP contribution is -1.99. The zero-order chi connectivity index (χ0) is 14.1. The Labute approximate surface area is 119 Å². The molecule has 20 heavy (non-hydrogen) atoms. The average Bonchev–Trinajstić information content (AvgIpc) is 3.04. The van der Waals surface area contributed by atoms with Gasteiger partial charge in [-0.15, -0.1) is 0 Å². The smallest absolute Gasteiger partial charge is 0.350 e. The minimum atomic E-state index is -0.376. The molecule has 2 aromatic rings. The fourth-order valence-electron chi connectivity index (χ4n) is 1.83. The van der Waals surface area contributed by atoms with Crippen LogP contribution in [0.15, 0.2) is 18.2 Å². The molecule has 0 saturated heterocycles. The Morgan fingerprint density at radius 1 is 1.40 bits per heavy atom. The predicted molar refractivity (Wildman–Crippen MR) is 74.0 cm³/mol. The summed E-state index contributed by atoms with van der Waals surface area (Å²) in [6.07, 6.45) is 0. The molecule has 7 heteroatoms. The van der Waals surface area contributed by atoms with Crippen molar-refractivity contribution in [1.29, 1.82) is 0 Å². The SMILES string of the molecule is COC(=O)c1sc(Nc2ccc3c(c2)OCO3)nc1C. The van der Waals surface area contributed by atoms with Crippen LogP contribution in [-0.2, 0) is 4.74 Å². The van der Waals surface area contributed by atoms with Crippen molar-refractivity contribution in [2.24, 2.45) is 0 Å². The number of benzene rings is 1. The summed E-state index contributed by atoms with van der Waals surface area (Å²) in [6.45, 7) is 2.01. The summed E-state index contributed by atoms with van der Waals surface area (Å²) in [5.74, 6) is 1.04. The molecule has 0 saturated carbocycles. The van der Waals surface area contributed by atoms with E-state index >= 15 is 0 Å². The molecule has 0 atom stereocenters. The monoisotopic (exact) mass is 292 g/mol. The number of fused-ring (bicyclic) bond motifs is 1. The maximum Gasteiger partial charge on any atom is 0.350 e. The molecule has 0 bridgehead atoms. The summed E-state index contributed by atoms with van der Waals surface area (Å²) in [7, 11) is 1.35. The van der Waals surface area contributed by atoms with Crippen LogP contribution >= 0.6 is 11.3 Å². The van der Waals surface area contributed by atoms with Gasteiger partial charge in [-0.1, -0.05) is 11.3 Å². The molecule has 0 fully saturated rings. The van der Waals surface area contributed by atoms with E-state index in [0.717, 1.165) is 11.4 Å². The molecule has 6 nitrogen and oxygen atoms in total. The Balaban J connectivity index is 1.83. The normalized spacial score (nSPS) is 12.3. The molecular weight excluding hydrogens is 280 g/mol. The van der Waals surface area contributed by atoms with Crippen LogP contribution in [0.25, 0.3) is 0 Å². The van der Waals surface area contributed by atoms with E-state index in [0.29, 0.717) is 21.5 Å². The molecule has 1 aliphatic heterocycles. The van der Waals surface area contributed by atoms with Crippen molar-refractivity contribution in [3.05, 3.63) is 28.8 Å². The minimum Gasteiger partial charge on any atom is -0.465 e. The lowest BCUT2D eigenvalue weighted by Gasteiger charge is -2.03. The van der Waals surface area contributed by atoms with Gasteiger partial charge in [-0.25, -0.2) is 9.78 Å². The first-order chi connectivity index (χ1) is 9.67. The standard InChI is InChI=1S/C13H12N2O4S/c1-7-11(12(16)17-2)20-13(14-7)15-8-3-4-9-10(5-8)19-6-18-9/h3-5H,6H2,1-2H3,(H,14,15). The fourth-order valence-corrected chi connectivity index (χ4v) is 2.73. The van der Waals surface area contributed by atoms with Crippen molar-refractivity contribution in [3.63, 3.8) is 0 Å². The van der Waals surface area contributed by atoms with Gasteiger partial charge in [0.25, 0.3) is 0 Å². The molecule has 1 N–H and O–H groups in total. The van der Waals surface area contributed by atoms with E-state index in [2.05, 4.69) is 10.3 Å². The molecule has 0 aliphatic carbocycles. The highest BCUT2D eigenvalue weighted by Crippen LogP contribution is 2.35. The van der Waals surface area contributed by atoms with E-state index in [9.17, 15) is 4.79 Å². The van der Waals surface area contributed by atoms with Gasteiger partial charge >= 0.3 is 5.97 Å². The highest BCUT2D eigenvalue weighted by atomic mass is 32.1. The van der Waals surface area contributed by atoms with Crippen LogP contribution in [0.3, 0.4) is 0 Å². The summed E-state index contributed by atoms with van der Waals surface area (Å²) in [4.78, 5) is 16.3. The number of hydrogen-bond acceptors (Lipinski definition) is 7. The number of hydrogen-bond donors (Lipinski definition) is 1. The highest BCUT2D eigenvalue weighted by Gasteiger charge is 2.17. The fraction of sp³-hybridized carbons (Fsp3) is 0.231. The third-order valence-electron chi connectivity index (χ3n) is 2.79. The van der Waals surface area contributed by atoms with Crippen molar-refractivity contribution in [2.45, 2.75) is 6.92 Å². The van der Waals surface area contributed by atoms with Crippen LogP contribution in [0.5, 0.6) is 11.5 Å². The zero-order valence-electron chi connectivity index (χ0n) is 10.9. The third-order valence-corrected chi connectivity index (χ3v) is 3.84. The van der Waals surface area contributed by atoms with E-state index in [1.165, 1.54) is 18.4 Å². The number of aromatic nitrogens is 1. The Kier molecular flexibility index (Phi) is 3.19. The number of rotatable bonds is 3. The van der Waals surface area contributed by atoms with E-state index in [1.807, 2.05) is 18.2 Å². The Morgan fingerprint density at radius 2 is 2.20 bits per heavy atom. The molecule has 0 amide bonds. The lowest BCUT2D eigenvalue weighted by atomic mass is 10.3. The summed E-state index contributed by atoms with van der Waals surface area (Å²) < 4.78 is 15.3. The maximum atomic E-state index is 11.5. The number of ether oxygens (including phenoxy) is 3. The van der Waals surface area contributed by atoms with Gasteiger partial charge in [-0.3, -0.25) is 0 Å². The molecule has 1 aliphatic rings. The van der Waals surface area contributed by atoms with Gasteiger partial charge in [0.2, 0.25) is 6.79 Å². The Morgan fingerprint density at radius 3 is 3.00 bits per heavy atom. The first-order valence-electron chi connectivity index (χ1n) is 5.90. The second kappa shape index (κ2) is 5.01. The van der Waals surface area contributed by atoms with Crippen molar-refractivity contribution >= 4 is 28.1 Å². The highest BCUT2D eigenvalue weighted by molar-refractivity contribution is 7.17. The molecule has 2 heterocycles. The largest absolute Gasteiger partial charge is 0.465 e. The number of esters is 1. The topological polar surface area (TPSA) is 69.7 Å². The van der Waals surface area contributed by atoms with E-state index in [4.69, 9.17) is 14.2 Å². The summed E-state index contributed by atoms with van der Waals surface area (Å²) in [5.41, 5.74) is 1.46. The molecule has 104 valence electrons. The number of anilines is 2. The van der Waals surface area contributed by atoms with Crippen molar-refractivity contribution in [1.82, 2.24) is 4.98 Å². The number of carbonyl (C=O) groups is 1. The molecule has 0 spiro atoms. The number of thiazole rings is 1. The van der Waals surface area contributed by atoms with Gasteiger partial charge in [-0.05, 0) is 19.1 Å². The van der Waals surface area contributed by atoms with E-state index < -0.39 is 0 Å². The quantitative estimate of drug-likeness (QED) is 0.877. The van der Waals surface area contributed by atoms with Crippen LogP contribution in [0.2, 0.25) is 0 Å². The van der Waals surface area contributed by atoms with Crippen LogP contribution < -0.4 is 14.8 Å². The number of methoxy groups -OCH3 is 1. The average molecular weight is 292 g/mol. The van der Waals surface area contributed by atoms with Crippen LogP contribution in [-0.4, -0.2) is 24.9 Å². The summed E-state index contributed by atoms with van der Waals surface area (Å²) in [6, 6.07) is 5.52. The second-order valence-electron chi connectivity index (χ2n) is 4.12. The van der Waals surface area contributed by atoms with Crippen molar-refractivity contribution in [3.8, 4) is 11.5 Å². The first-order valence-corrected chi connectivity index (χ1v) is 6.71. The summed E-state index contributed by atoms with van der Waals surface area (Å²) in [5, 5.41) is 3.76. The lowest BCUT2D eigenvalue weighted by molar-refractivity contribution is 0.0605. The third kappa shape index (κ3) is 2.27. The first kappa shape index (κ1) is 12.7. The molecule has 1 aromatic heterocycles. The maximum absolute atomic E-state index is 11.5. The van der Waals surface area contributed by atoms with Crippen LogP contribution in [0, 0.1) is 6.92 Å². The molecule has 0 unspecified atom stereocenters. The van der Waals surface area contributed by atoms with Gasteiger partial charge in [-0.2, -0.15) is 0 Å². The Bertz CT molecular complexity index is 668. The van der Waals surface area contributed by atoms with Crippen molar-refractivity contribution < 1.29 is 19.0 Å². The minimum absolute atomic E-state index is 0.238. The van der Waals surface area contributed by atoms with Gasteiger partial charge in [0, 0.05) is 11.8 Å². The number of aryl methyl sites for hydroxylation is 1. The van der Waals surface area contributed by atoms with Crippen molar-refractivity contribution in [2.75, 3.05) is 19.2 Å². The molecule has 0 radical (unpaired) electrons. The Hall–Kier alpha value is -2.28. The summed E-state index contributed by atoms with van der Waals surface area (Å²) >= 11 is 1.25. The number of carbonyl (C=O) groups excluding carboxylic acids is 1. The van der Waals surface area contributed by atoms with Gasteiger partial charge in [0.15, 0.2) is 16.6 Å². The molecule has 1 aromatic carbocycles.